The SMILES string of the molecule is CCCCC/C=C\C/C=C\C/C=C\C/C=C\C/C=C\CCC(=O)O[C@H](CO)COP(=O)(O)OCCN. The van der Waals surface area contributed by atoms with Crippen molar-refractivity contribution in [2.75, 3.05) is 26.4 Å². The lowest BCUT2D eigenvalue weighted by Gasteiger charge is -2.17. The predicted molar refractivity (Wildman–Crippen MR) is 145 cm³/mol. The topological polar surface area (TPSA) is 128 Å². The van der Waals surface area contributed by atoms with Gasteiger partial charge in [0, 0.05) is 13.0 Å². The third-order valence-corrected chi connectivity index (χ3v) is 5.69. The Bertz CT molecular complexity index is 732. The smallest absolute Gasteiger partial charge is 0.457 e. The van der Waals surface area contributed by atoms with Gasteiger partial charge in [-0.2, -0.15) is 0 Å². The van der Waals surface area contributed by atoms with Crippen LogP contribution in [0.3, 0.4) is 0 Å². The van der Waals surface area contributed by atoms with Crippen molar-refractivity contribution in [1.82, 2.24) is 0 Å². The fourth-order valence-corrected chi connectivity index (χ4v) is 3.55. The molecular formula is C27H46NO7P. The number of nitrogens with two attached hydrogens (primary N) is 1. The van der Waals surface area contributed by atoms with Gasteiger partial charge in [0.15, 0.2) is 0 Å². The Morgan fingerprint density at radius 1 is 0.861 bits per heavy atom. The minimum Gasteiger partial charge on any atom is -0.457 e. The molecule has 0 fully saturated rings. The second-order valence-electron chi connectivity index (χ2n) is 8.01. The van der Waals surface area contributed by atoms with E-state index in [0.29, 0.717) is 6.42 Å². The van der Waals surface area contributed by atoms with Crippen LogP contribution in [0.1, 0.15) is 71.1 Å². The number of hydrogen-bond donors (Lipinski definition) is 3. The Kier molecular flexibility index (Phi) is 23.6. The lowest BCUT2D eigenvalue weighted by atomic mass is 10.2. The Morgan fingerprint density at radius 2 is 1.39 bits per heavy atom. The highest BCUT2D eigenvalue weighted by atomic mass is 31.2. The van der Waals surface area contributed by atoms with Gasteiger partial charge < -0.3 is 20.5 Å². The van der Waals surface area contributed by atoms with E-state index in [1.165, 1.54) is 25.7 Å². The molecule has 0 spiro atoms. The lowest BCUT2D eigenvalue weighted by Crippen LogP contribution is -2.27. The molecule has 8 nitrogen and oxygen atoms in total. The van der Waals surface area contributed by atoms with E-state index in [1.54, 1.807) is 0 Å². The van der Waals surface area contributed by atoms with Crippen LogP contribution in [0.25, 0.3) is 0 Å². The number of aliphatic hydroxyl groups excluding tert-OH is 1. The molecule has 0 rings (SSSR count). The first kappa shape index (κ1) is 34.2. The van der Waals surface area contributed by atoms with E-state index in [4.69, 9.17) is 15.0 Å². The van der Waals surface area contributed by atoms with Crippen LogP contribution in [-0.2, 0) is 23.1 Å². The van der Waals surface area contributed by atoms with Gasteiger partial charge in [0.1, 0.15) is 6.10 Å². The van der Waals surface area contributed by atoms with Crippen LogP contribution in [0.5, 0.6) is 0 Å². The molecule has 0 radical (unpaired) electrons. The van der Waals surface area contributed by atoms with Crippen molar-refractivity contribution in [3.8, 4) is 0 Å². The van der Waals surface area contributed by atoms with Crippen LogP contribution in [0, 0.1) is 0 Å². The first-order valence-corrected chi connectivity index (χ1v) is 14.3. The average molecular weight is 528 g/mol. The highest BCUT2D eigenvalue weighted by molar-refractivity contribution is 7.47. The molecule has 0 saturated heterocycles. The maximum atomic E-state index is 11.9. The summed E-state index contributed by atoms with van der Waals surface area (Å²) in [6.45, 7) is 1.14. The molecule has 0 aliphatic carbocycles. The molecule has 36 heavy (non-hydrogen) atoms. The number of hydrogen-bond acceptors (Lipinski definition) is 7. The molecular weight excluding hydrogens is 481 g/mol. The van der Waals surface area contributed by atoms with E-state index in [0.717, 1.165) is 25.7 Å². The van der Waals surface area contributed by atoms with Crippen molar-refractivity contribution < 1.29 is 33.1 Å². The van der Waals surface area contributed by atoms with Crippen LogP contribution < -0.4 is 5.73 Å². The third kappa shape index (κ3) is 23.9. The average Bonchev–Trinajstić information content (AvgIpc) is 2.86. The zero-order chi connectivity index (χ0) is 26.7. The summed E-state index contributed by atoms with van der Waals surface area (Å²) in [5, 5.41) is 9.26. The van der Waals surface area contributed by atoms with Crippen molar-refractivity contribution >= 4 is 13.8 Å². The summed E-state index contributed by atoms with van der Waals surface area (Å²) < 4.78 is 25.9. The molecule has 0 heterocycles. The Morgan fingerprint density at radius 3 is 1.89 bits per heavy atom. The second-order valence-corrected chi connectivity index (χ2v) is 9.47. The summed E-state index contributed by atoms with van der Waals surface area (Å²) in [7, 11) is -4.29. The Hall–Kier alpha value is -1.80. The molecule has 0 aromatic heterocycles. The number of rotatable bonds is 23. The summed E-state index contributed by atoms with van der Waals surface area (Å²) in [4.78, 5) is 21.3. The maximum absolute atomic E-state index is 11.9. The molecule has 0 amide bonds. The zero-order valence-electron chi connectivity index (χ0n) is 21.7. The van der Waals surface area contributed by atoms with E-state index in [1.807, 2.05) is 12.2 Å². The minimum atomic E-state index is -4.29. The summed E-state index contributed by atoms with van der Waals surface area (Å²) in [6, 6.07) is 0. The molecule has 0 aromatic rings. The molecule has 4 N–H and O–H groups in total. The van der Waals surface area contributed by atoms with Crippen molar-refractivity contribution in [3.63, 3.8) is 0 Å². The predicted octanol–water partition coefficient (Wildman–Crippen LogP) is 5.68. The van der Waals surface area contributed by atoms with Gasteiger partial charge in [0.25, 0.3) is 0 Å². The van der Waals surface area contributed by atoms with Crippen molar-refractivity contribution in [3.05, 3.63) is 60.8 Å². The van der Waals surface area contributed by atoms with Gasteiger partial charge in [-0.05, 0) is 44.9 Å². The van der Waals surface area contributed by atoms with Gasteiger partial charge in [-0.25, -0.2) is 4.57 Å². The number of phosphoric ester groups is 1. The van der Waals surface area contributed by atoms with E-state index in [2.05, 4.69) is 60.1 Å². The third-order valence-electron chi connectivity index (χ3n) is 4.71. The molecule has 0 aromatic carbocycles. The van der Waals surface area contributed by atoms with Crippen LogP contribution in [0.15, 0.2) is 60.8 Å². The van der Waals surface area contributed by atoms with Gasteiger partial charge in [0.05, 0.1) is 19.8 Å². The van der Waals surface area contributed by atoms with E-state index >= 15 is 0 Å². The normalized spacial score (nSPS) is 15.1. The van der Waals surface area contributed by atoms with E-state index in [-0.39, 0.29) is 19.6 Å². The quantitative estimate of drug-likeness (QED) is 0.0670. The van der Waals surface area contributed by atoms with Gasteiger partial charge in [-0.1, -0.05) is 80.5 Å². The molecule has 0 aliphatic heterocycles. The number of unbranched alkanes of at least 4 members (excludes halogenated alkanes) is 3. The van der Waals surface area contributed by atoms with Gasteiger partial charge in [-0.15, -0.1) is 0 Å². The monoisotopic (exact) mass is 527 g/mol. The van der Waals surface area contributed by atoms with Crippen LogP contribution >= 0.6 is 7.82 Å². The molecule has 206 valence electrons. The maximum Gasteiger partial charge on any atom is 0.472 e. The Labute approximate surface area is 217 Å². The van der Waals surface area contributed by atoms with Crippen molar-refractivity contribution in [1.29, 1.82) is 0 Å². The summed E-state index contributed by atoms with van der Waals surface area (Å²) >= 11 is 0. The first-order valence-electron chi connectivity index (χ1n) is 12.8. The molecule has 0 aliphatic rings. The molecule has 9 heteroatoms. The molecule has 0 bridgehead atoms. The van der Waals surface area contributed by atoms with Gasteiger partial charge >= 0.3 is 13.8 Å². The number of carbonyl (C=O) groups excluding carboxylic acids is 1. The number of phosphoric acid groups is 1. The highest BCUT2D eigenvalue weighted by Crippen LogP contribution is 2.42. The minimum absolute atomic E-state index is 0.0578. The van der Waals surface area contributed by atoms with Crippen molar-refractivity contribution in [2.45, 2.75) is 77.2 Å². The number of aliphatic hydroxyl groups is 1. The van der Waals surface area contributed by atoms with Gasteiger partial charge in [0.2, 0.25) is 0 Å². The highest BCUT2D eigenvalue weighted by Gasteiger charge is 2.24. The van der Waals surface area contributed by atoms with E-state index < -0.39 is 33.1 Å². The zero-order valence-corrected chi connectivity index (χ0v) is 22.6. The Balaban J connectivity index is 3.85. The number of ether oxygens (including phenoxy) is 1. The fraction of sp³-hybridized carbons (Fsp3) is 0.593. The number of esters is 1. The van der Waals surface area contributed by atoms with E-state index in [9.17, 15) is 19.4 Å². The molecule has 1 unspecified atom stereocenters. The second kappa shape index (κ2) is 24.9. The largest absolute Gasteiger partial charge is 0.472 e. The number of allylic oxidation sites excluding steroid dienone is 10. The first-order chi connectivity index (χ1) is 17.4. The summed E-state index contributed by atoms with van der Waals surface area (Å²) in [5.41, 5.74) is 5.19. The van der Waals surface area contributed by atoms with Crippen LogP contribution in [0.2, 0.25) is 0 Å². The summed E-state index contributed by atoms with van der Waals surface area (Å²) in [6.07, 6.45) is 29.4. The van der Waals surface area contributed by atoms with Crippen molar-refractivity contribution in [2.24, 2.45) is 5.73 Å². The fourth-order valence-electron chi connectivity index (χ4n) is 2.78. The number of carbonyl (C=O) groups is 1. The van der Waals surface area contributed by atoms with Crippen LogP contribution in [-0.4, -0.2) is 48.4 Å². The molecule has 0 saturated carbocycles. The summed E-state index contributed by atoms with van der Waals surface area (Å²) in [5.74, 6) is -0.532. The van der Waals surface area contributed by atoms with Crippen LogP contribution in [0.4, 0.5) is 0 Å². The standard InChI is InChI=1S/C27H46NO7P/c1-2-3-4-5-6-7-8-9-10-11-12-13-14-15-16-17-18-19-20-21-27(30)35-26(24-29)25-34-36(31,32)33-23-22-28/h6-7,9-10,12-13,15-16,18-19,26,29H,2-5,8,11,14,17,20-25,28H2,1H3,(H,31,32)/b7-6-,10-9-,13-12-,16-15-,19-18-/t26-/m1/s1. The lowest BCUT2D eigenvalue weighted by molar-refractivity contribution is -0.153. The van der Waals surface area contributed by atoms with Gasteiger partial charge in [-0.3, -0.25) is 13.8 Å². The molecule has 2 atom stereocenters.